The van der Waals surface area contributed by atoms with Gasteiger partial charge in [-0.05, 0) is 39.5 Å². The van der Waals surface area contributed by atoms with Gasteiger partial charge in [-0.3, -0.25) is 0 Å². The molecule has 1 heterocycles. The van der Waals surface area contributed by atoms with Gasteiger partial charge in [0.25, 0.3) is 0 Å². The van der Waals surface area contributed by atoms with Gasteiger partial charge in [0.2, 0.25) is 0 Å². The van der Waals surface area contributed by atoms with Crippen LogP contribution < -0.4 is 5.32 Å². The molecule has 0 bridgehead atoms. The van der Waals surface area contributed by atoms with E-state index in [0.717, 1.165) is 12.0 Å². The Labute approximate surface area is 94.3 Å². The summed E-state index contributed by atoms with van der Waals surface area (Å²) in [7, 11) is 0. The lowest BCUT2D eigenvalue weighted by Gasteiger charge is -2.42. The fourth-order valence-electron chi connectivity index (χ4n) is 3.40. The molecule has 1 heteroatoms. The van der Waals surface area contributed by atoms with Gasteiger partial charge in [-0.25, -0.2) is 0 Å². The maximum Gasteiger partial charge on any atom is 0.0312 e. The Morgan fingerprint density at radius 1 is 1.13 bits per heavy atom. The number of hydrogen-bond acceptors (Lipinski definition) is 1. The summed E-state index contributed by atoms with van der Waals surface area (Å²) in [4.78, 5) is 0. The lowest BCUT2D eigenvalue weighted by Crippen LogP contribution is -2.52. The summed E-state index contributed by atoms with van der Waals surface area (Å²) in [5.41, 5.74) is 1.84. The van der Waals surface area contributed by atoms with Crippen molar-refractivity contribution in [2.45, 2.75) is 70.9 Å². The Morgan fingerprint density at radius 3 is 2.53 bits per heavy atom. The standard InChI is InChI=1S/C14H25N/c1-11-10-14(2,3)15-13-9-7-5-4-6-8-12(11)13/h10,12-13,15H,4-9H2,1-3H3. The SMILES string of the molecule is CC1=CC(C)(C)NC2CCCCCCC12. The van der Waals surface area contributed by atoms with Crippen molar-refractivity contribution in [1.29, 1.82) is 0 Å². The molecule has 2 atom stereocenters. The summed E-state index contributed by atoms with van der Waals surface area (Å²) in [5, 5.41) is 3.82. The quantitative estimate of drug-likeness (QED) is 0.598. The molecule has 0 aromatic heterocycles. The smallest absolute Gasteiger partial charge is 0.0312 e. The van der Waals surface area contributed by atoms with Crippen molar-refractivity contribution in [3.05, 3.63) is 11.6 Å². The highest BCUT2D eigenvalue weighted by Gasteiger charge is 2.32. The van der Waals surface area contributed by atoms with Crippen LogP contribution in [-0.2, 0) is 0 Å². The number of hydrogen-bond donors (Lipinski definition) is 1. The van der Waals surface area contributed by atoms with Crippen molar-refractivity contribution in [3.63, 3.8) is 0 Å². The van der Waals surface area contributed by atoms with Gasteiger partial charge in [0.15, 0.2) is 0 Å². The van der Waals surface area contributed by atoms with E-state index in [2.05, 4.69) is 32.2 Å². The average molecular weight is 207 g/mol. The molecular formula is C14H25N. The third-order valence-corrected chi connectivity index (χ3v) is 4.00. The highest BCUT2D eigenvalue weighted by Crippen LogP contribution is 2.33. The summed E-state index contributed by atoms with van der Waals surface area (Å²) in [5.74, 6) is 0.818. The first kappa shape index (κ1) is 11.2. The highest BCUT2D eigenvalue weighted by molar-refractivity contribution is 5.20. The van der Waals surface area contributed by atoms with Gasteiger partial charge in [-0.1, -0.05) is 37.3 Å². The van der Waals surface area contributed by atoms with Gasteiger partial charge < -0.3 is 5.32 Å². The molecule has 0 radical (unpaired) electrons. The molecule has 0 spiro atoms. The van der Waals surface area contributed by atoms with Crippen LogP contribution in [0.5, 0.6) is 0 Å². The van der Waals surface area contributed by atoms with Gasteiger partial charge in [0.1, 0.15) is 0 Å². The molecule has 0 aromatic carbocycles. The molecule has 1 aliphatic carbocycles. The summed E-state index contributed by atoms with van der Waals surface area (Å²) in [6, 6.07) is 0.741. The van der Waals surface area contributed by atoms with Crippen molar-refractivity contribution >= 4 is 0 Å². The van der Waals surface area contributed by atoms with Crippen LogP contribution in [0.3, 0.4) is 0 Å². The second-order valence-corrected chi connectivity index (χ2v) is 5.96. The summed E-state index contributed by atoms with van der Waals surface area (Å²) >= 11 is 0. The molecule has 2 unspecified atom stereocenters. The van der Waals surface area contributed by atoms with E-state index in [-0.39, 0.29) is 5.54 Å². The summed E-state index contributed by atoms with van der Waals surface area (Å²) in [6.07, 6.45) is 10.9. The van der Waals surface area contributed by atoms with E-state index < -0.39 is 0 Å². The Bertz CT molecular complexity index is 252. The summed E-state index contributed by atoms with van der Waals surface area (Å²) < 4.78 is 0. The Balaban J connectivity index is 2.15. The zero-order chi connectivity index (χ0) is 10.9. The van der Waals surface area contributed by atoms with Crippen molar-refractivity contribution in [2.24, 2.45) is 5.92 Å². The Hall–Kier alpha value is -0.300. The first-order chi connectivity index (χ1) is 7.08. The Kier molecular flexibility index (Phi) is 3.20. The van der Waals surface area contributed by atoms with Gasteiger partial charge in [0, 0.05) is 11.6 Å². The molecule has 2 rings (SSSR count). The molecule has 1 nitrogen and oxygen atoms in total. The third-order valence-electron chi connectivity index (χ3n) is 4.00. The lowest BCUT2D eigenvalue weighted by molar-refractivity contribution is 0.251. The van der Waals surface area contributed by atoms with E-state index in [1.165, 1.54) is 38.5 Å². The molecule has 1 N–H and O–H groups in total. The van der Waals surface area contributed by atoms with Crippen LogP contribution >= 0.6 is 0 Å². The molecular weight excluding hydrogens is 182 g/mol. The fraction of sp³-hybridized carbons (Fsp3) is 0.857. The molecule has 1 aliphatic heterocycles. The van der Waals surface area contributed by atoms with E-state index in [9.17, 15) is 0 Å². The van der Waals surface area contributed by atoms with E-state index >= 15 is 0 Å². The molecule has 0 saturated heterocycles. The van der Waals surface area contributed by atoms with E-state index in [1.54, 1.807) is 5.57 Å². The van der Waals surface area contributed by atoms with Crippen LogP contribution in [0.2, 0.25) is 0 Å². The second kappa shape index (κ2) is 4.29. The third kappa shape index (κ3) is 2.63. The van der Waals surface area contributed by atoms with Crippen LogP contribution in [0.25, 0.3) is 0 Å². The Morgan fingerprint density at radius 2 is 1.80 bits per heavy atom. The number of nitrogens with one attached hydrogen (secondary N) is 1. The first-order valence-electron chi connectivity index (χ1n) is 6.55. The summed E-state index contributed by atoms with van der Waals surface area (Å²) in [6.45, 7) is 6.93. The molecule has 0 amide bonds. The van der Waals surface area contributed by atoms with E-state index in [0.29, 0.717) is 0 Å². The molecule has 1 fully saturated rings. The van der Waals surface area contributed by atoms with Crippen LogP contribution in [-0.4, -0.2) is 11.6 Å². The minimum Gasteiger partial charge on any atom is -0.305 e. The van der Waals surface area contributed by atoms with E-state index in [1.807, 2.05) is 0 Å². The average Bonchev–Trinajstić information content (AvgIpc) is 2.06. The zero-order valence-electron chi connectivity index (χ0n) is 10.5. The predicted octanol–water partition coefficient (Wildman–Crippen LogP) is 3.65. The molecule has 0 aromatic rings. The lowest BCUT2D eigenvalue weighted by atomic mass is 9.77. The number of rotatable bonds is 0. The van der Waals surface area contributed by atoms with Crippen molar-refractivity contribution in [1.82, 2.24) is 5.32 Å². The highest BCUT2D eigenvalue weighted by atomic mass is 15.0. The molecule has 2 aliphatic rings. The van der Waals surface area contributed by atoms with Gasteiger partial charge >= 0.3 is 0 Å². The van der Waals surface area contributed by atoms with Gasteiger partial charge in [0.05, 0.1) is 0 Å². The van der Waals surface area contributed by atoms with Gasteiger partial charge in [-0.2, -0.15) is 0 Å². The first-order valence-corrected chi connectivity index (χ1v) is 6.55. The zero-order valence-corrected chi connectivity index (χ0v) is 10.5. The van der Waals surface area contributed by atoms with Crippen LogP contribution in [0.1, 0.15) is 59.3 Å². The van der Waals surface area contributed by atoms with Crippen LogP contribution in [0.4, 0.5) is 0 Å². The minimum absolute atomic E-state index is 0.213. The molecule has 15 heavy (non-hydrogen) atoms. The van der Waals surface area contributed by atoms with Crippen LogP contribution in [0, 0.1) is 5.92 Å². The molecule has 1 saturated carbocycles. The topological polar surface area (TPSA) is 12.0 Å². The maximum atomic E-state index is 3.82. The fourth-order valence-corrected chi connectivity index (χ4v) is 3.40. The van der Waals surface area contributed by atoms with Crippen LogP contribution in [0.15, 0.2) is 11.6 Å². The predicted molar refractivity (Wildman–Crippen MR) is 66.0 cm³/mol. The second-order valence-electron chi connectivity index (χ2n) is 5.96. The normalized spacial score (nSPS) is 36.1. The maximum absolute atomic E-state index is 3.82. The molecule has 86 valence electrons. The monoisotopic (exact) mass is 207 g/mol. The van der Waals surface area contributed by atoms with Crippen molar-refractivity contribution in [2.75, 3.05) is 0 Å². The van der Waals surface area contributed by atoms with Crippen molar-refractivity contribution in [3.8, 4) is 0 Å². The minimum atomic E-state index is 0.213. The van der Waals surface area contributed by atoms with Gasteiger partial charge in [-0.15, -0.1) is 0 Å². The largest absolute Gasteiger partial charge is 0.305 e. The van der Waals surface area contributed by atoms with E-state index in [4.69, 9.17) is 0 Å². The number of fused-ring (bicyclic) bond motifs is 1. The van der Waals surface area contributed by atoms with Crippen molar-refractivity contribution < 1.29 is 0 Å².